The van der Waals surface area contributed by atoms with Gasteiger partial charge in [-0.25, -0.2) is 8.78 Å². The van der Waals surface area contributed by atoms with Gasteiger partial charge in [0.15, 0.2) is 0 Å². The molecule has 1 aliphatic rings. The Morgan fingerprint density at radius 1 is 1.25 bits per heavy atom. The average molecular weight is 286 g/mol. The SMILES string of the molecule is NCc1cc(F)c(N2CCC(OCCO)CC2)c(F)c1. The van der Waals surface area contributed by atoms with Gasteiger partial charge < -0.3 is 20.5 Å². The van der Waals surface area contributed by atoms with Crippen molar-refractivity contribution < 1.29 is 18.6 Å². The molecule has 0 radical (unpaired) electrons. The van der Waals surface area contributed by atoms with E-state index in [1.807, 2.05) is 0 Å². The maximum Gasteiger partial charge on any atom is 0.149 e. The molecule has 1 aromatic carbocycles. The van der Waals surface area contributed by atoms with Crippen molar-refractivity contribution in [1.82, 2.24) is 0 Å². The van der Waals surface area contributed by atoms with Gasteiger partial charge in [0.2, 0.25) is 0 Å². The molecule has 0 amide bonds. The molecule has 6 heteroatoms. The van der Waals surface area contributed by atoms with Gasteiger partial charge in [-0.3, -0.25) is 0 Å². The van der Waals surface area contributed by atoms with Gasteiger partial charge in [-0.1, -0.05) is 0 Å². The summed E-state index contributed by atoms with van der Waals surface area (Å²) >= 11 is 0. The minimum absolute atomic E-state index is 0.00990. The number of anilines is 1. The fourth-order valence-corrected chi connectivity index (χ4v) is 2.50. The topological polar surface area (TPSA) is 58.7 Å². The van der Waals surface area contributed by atoms with Crippen molar-refractivity contribution in [3.05, 3.63) is 29.3 Å². The first-order valence-electron chi connectivity index (χ1n) is 6.81. The number of halogens is 2. The van der Waals surface area contributed by atoms with Crippen LogP contribution < -0.4 is 10.6 Å². The Morgan fingerprint density at radius 2 is 1.85 bits per heavy atom. The monoisotopic (exact) mass is 286 g/mol. The van der Waals surface area contributed by atoms with Crippen LogP contribution in [0.15, 0.2) is 12.1 Å². The molecule has 0 aliphatic carbocycles. The third-order valence-corrected chi connectivity index (χ3v) is 3.52. The standard InChI is InChI=1S/C14H20F2N2O2/c15-12-7-10(9-17)8-13(16)14(12)18-3-1-11(2-4-18)20-6-5-19/h7-8,11,19H,1-6,9,17H2. The normalized spacial score (nSPS) is 16.7. The van der Waals surface area contributed by atoms with Crippen molar-refractivity contribution in [3.8, 4) is 0 Å². The van der Waals surface area contributed by atoms with Gasteiger partial charge in [-0.15, -0.1) is 0 Å². The molecule has 0 unspecified atom stereocenters. The average Bonchev–Trinajstić information content (AvgIpc) is 2.45. The van der Waals surface area contributed by atoms with Gasteiger partial charge >= 0.3 is 0 Å². The fourth-order valence-electron chi connectivity index (χ4n) is 2.50. The van der Waals surface area contributed by atoms with Gasteiger partial charge in [0.25, 0.3) is 0 Å². The summed E-state index contributed by atoms with van der Waals surface area (Å²) in [6, 6.07) is 2.57. The number of aliphatic hydroxyl groups excluding tert-OH is 1. The number of rotatable bonds is 5. The lowest BCUT2D eigenvalue weighted by molar-refractivity contribution is 0.0158. The molecule has 0 saturated carbocycles. The van der Waals surface area contributed by atoms with Crippen LogP contribution in [0.1, 0.15) is 18.4 Å². The molecule has 1 heterocycles. The minimum atomic E-state index is -0.569. The largest absolute Gasteiger partial charge is 0.394 e. The summed E-state index contributed by atoms with van der Waals surface area (Å²) in [6.45, 7) is 1.48. The van der Waals surface area contributed by atoms with Crippen LogP contribution in [0.25, 0.3) is 0 Å². The maximum absolute atomic E-state index is 14.0. The van der Waals surface area contributed by atoms with E-state index < -0.39 is 11.6 Å². The molecule has 0 spiro atoms. The van der Waals surface area contributed by atoms with E-state index in [9.17, 15) is 8.78 Å². The van der Waals surface area contributed by atoms with E-state index in [-0.39, 0.29) is 24.9 Å². The van der Waals surface area contributed by atoms with Gasteiger partial charge in [0.05, 0.1) is 19.3 Å². The van der Waals surface area contributed by atoms with Crippen molar-refractivity contribution in [1.29, 1.82) is 0 Å². The highest BCUT2D eigenvalue weighted by molar-refractivity contribution is 5.51. The predicted molar refractivity (Wildman–Crippen MR) is 72.5 cm³/mol. The molecule has 1 fully saturated rings. The van der Waals surface area contributed by atoms with E-state index in [1.165, 1.54) is 12.1 Å². The Labute approximate surface area is 117 Å². The quantitative estimate of drug-likeness (QED) is 0.859. The summed E-state index contributed by atoms with van der Waals surface area (Å²) in [5.41, 5.74) is 5.86. The second-order valence-electron chi connectivity index (χ2n) is 4.89. The molecule has 20 heavy (non-hydrogen) atoms. The maximum atomic E-state index is 14.0. The summed E-state index contributed by atoms with van der Waals surface area (Å²) in [7, 11) is 0. The van der Waals surface area contributed by atoms with E-state index >= 15 is 0 Å². The molecule has 3 N–H and O–H groups in total. The van der Waals surface area contributed by atoms with Crippen molar-refractivity contribution >= 4 is 5.69 Å². The Hall–Kier alpha value is -1.24. The zero-order chi connectivity index (χ0) is 14.5. The predicted octanol–water partition coefficient (Wildman–Crippen LogP) is 1.40. The smallest absolute Gasteiger partial charge is 0.149 e. The highest BCUT2D eigenvalue weighted by Gasteiger charge is 2.24. The zero-order valence-corrected chi connectivity index (χ0v) is 11.3. The lowest BCUT2D eigenvalue weighted by Gasteiger charge is -2.33. The molecule has 0 atom stereocenters. The molecular weight excluding hydrogens is 266 g/mol. The second-order valence-corrected chi connectivity index (χ2v) is 4.89. The van der Waals surface area contributed by atoms with E-state index in [4.69, 9.17) is 15.6 Å². The van der Waals surface area contributed by atoms with Crippen molar-refractivity contribution in [2.45, 2.75) is 25.5 Å². The summed E-state index contributed by atoms with van der Waals surface area (Å²) in [4.78, 5) is 1.70. The van der Waals surface area contributed by atoms with E-state index in [0.717, 1.165) is 0 Å². The van der Waals surface area contributed by atoms with Gasteiger partial charge in [0, 0.05) is 19.6 Å². The number of hydrogen-bond donors (Lipinski definition) is 2. The van der Waals surface area contributed by atoms with Crippen LogP contribution in [0, 0.1) is 11.6 Å². The van der Waals surface area contributed by atoms with Crippen LogP contribution in [0.2, 0.25) is 0 Å². The summed E-state index contributed by atoms with van der Waals surface area (Å²) < 4.78 is 33.4. The molecule has 4 nitrogen and oxygen atoms in total. The Kier molecular flexibility index (Phi) is 5.28. The third kappa shape index (κ3) is 3.45. The first-order valence-corrected chi connectivity index (χ1v) is 6.81. The Balaban J connectivity index is 2.03. The summed E-state index contributed by atoms with van der Waals surface area (Å²) in [5.74, 6) is -1.14. The van der Waals surface area contributed by atoms with Crippen LogP contribution in [-0.2, 0) is 11.3 Å². The van der Waals surface area contributed by atoms with E-state index in [0.29, 0.717) is 38.1 Å². The minimum Gasteiger partial charge on any atom is -0.394 e. The lowest BCUT2D eigenvalue weighted by atomic mass is 10.1. The number of benzene rings is 1. The van der Waals surface area contributed by atoms with Gasteiger partial charge in [-0.05, 0) is 30.5 Å². The van der Waals surface area contributed by atoms with Crippen LogP contribution in [-0.4, -0.2) is 37.5 Å². The molecule has 0 bridgehead atoms. The first-order chi connectivity index (χ1) is 9.65. The Morgan fingerprint density at radius 3 is 2.35 bits per heavy atom. The number of hydrogen-bond acceptors (Lipinski definition) is 4. The second kappa shape index (κ2) is 6.97. The first kappa shape index (κ1) is 15.2. The van der Waals surface area contributed by atoms with Gasteiger partial charge in [0.1, 0.15) is 17.3 Å². The number of ether oxygens (including phenoxy) is 1. The molecule has 112 valence electrons. The van der Waals surface area contributed by atoms with Crippen LogP contribution >= 0.6 is 0 Å². The molecule has 0 aromatic heterocycles. The van der Waals surface area contributed by atoms with Crippen molar-refractivity contribution in [3.63, 3.8) is 0 Å². The summed E-state index contributed by atoms with van der Waals surface area (Å²) in [6.07, 6.45) is 1.43. The zero-order valence-electron chi connectivity index (χ0n) is 11.3. The molecule has 1 saturated heterocycles. The fraction of sp³-hybridized carbons (Fsp3) is 0.571. The van der Waals surface area contributed by atoms with E-state index in [2.05, 4.69) is 0 Å². The number of nitrogens with zero attached hydrogens (tertiary/aromatic N) is 1. The molecular formula is C14H20F2N2O2. The number of aliphatic hydroxyl groups is 1. The number of piperidine rings is 1. The third-order valence-electron chi connectivity index (χ3n) is 3.52. The molecule has 2 rings (SSSR count). The van der Waals surface area contributed by atoms with Gasteiger partial charge in [-0.2, -0.15) is 0 Å². The van der Waals surface area contributed by atoms with Crippen LogP contribution in [0.3, 0.4) is 0 Å². The van der Waals surface area contributed by atoms with Crippen LogP contribution in [0.4, 0.5) is 14.5 Å². The molecule has 1 aliphatic heterocycles. The van der Waals surface area contributed by atoms with E-state index in [1.54, 1.807) is 4.90 Å². The lowest BCUT2D eigenvalue weighted by Crippen LogP contribution is -2.38. The van der Waals surface area contributed by atoms with Crippen molar-refractivity contribution in [2.75, 3.05) is 31.2 Å². The highest BCUT2D eigenvalue weighted by atomic mass is 19.1. The number of nitrogens with two attached hydrogens (primary N) is 1. The molecule has 1 aromatic rings. The Bertz CT molecular complexity index is 426. The summed E-state index contributed by atoms with van der Waals surface area (Å²) in [5, 5.41) is 8.70. The van der Waals surface area contributed by atoms with Crippen LogP contribution in [0.5, 0.6) is 0 Å². The van der Waals surface area contributed by atoms with Crippen molar-refractivity contribution in [2.24, 2.45) is 5.73 Å². The highest BCUT2D eigenvalue weighted by Crippen LogP contribution is 2.28.